The van der Waals surface area contributed by atoms with Gasteiger partial charge >= 0.3 is 0 Å². The molecule has 0 saturated carbocycles. The maximum Gasteiger partial charge on any atom is 0.146 e. The van der Waals surface area contributed by atoms with Crippen LogP contribution in [-0.4, -0.2) is 26.2 Å². The van der Waals surface area contributed by atoms with Gasteiger partial charge < -0.3 is 9.80 Å². The van der Waals surface area contributed by atoms with Gasteiger partial charge in [-0.1, -0.05) is 24.3 Å². The molecular formula is C17H18ClFN2. The Kier molecular flexibility index (Phi) is 4.30. The molecule has 0 unspecified atom stereocenters. The maximum absolute atomic E-state index is 13.8. The quantitative estimate of drug-likeness (QED) is 0.794. The Morgan fingerprint density at radius 1 is 0.857 bits per heavy atom. The Balaban J connectivity index is 1.66. The monoisotopic (exact) mass is 304 g/mol. The van der Waals surface area contributed by atoms with Gasteiger partial charge in [-0.3, -0.25) is 0 Å². The zero-order chi connectivity index (χ0) is 14.7. The van der Waals surface area contributed by atoms with Gasteiger partial charge in [0.2, 0.25) is 0 Å². The Hall–Kier alpha value is -1.74. The lowest BCUT2D eigenvalue weighted by Crippen LogP contribution is -2.46. The molecule has 4 heteroatoms. The van der Waals surface area contributed by atoms with Gasteiger partial charge in [0.1, 0.15) is 5.82 Å². The number of hydrogen-bond donors (Lipinski definition) is 0. The van der Waals surface area contributed by atoms with Gasteiger partial charge in [-0.2, -0.15) is 0 Å². The zero-order valence-corrected chi connectivity index (χ0v) is 12.6. The molecule has 3 rings (SSSR count). The summed E-state index contributed by atoms with van der Waals surface area (Å²) in [5.41, 5.74) is 3.04. The van der Waals surface area contributed by atoms with Crippen LogP contribution in [0.2, 0.25) is 0 Å². The summed E-state index contributed by atoms with van der Waals surface area (Å²) in [4.78, 5) is 4.44. The third-order valence-electron chi connectivity index (χ3n) is 3.93. The maximum atomic E-state index is 13.8. The average molecular weight is 305 g/mol. The molecule has 0 N–H and O–H groups in total. The van der Waals surface area contributed by atoms with Crippen molar-refractivity contribution in [3.05, 3.63) is 59.9 Å². The Morgan fingerprint density at radius 3 is 2.10 bits per heavy atom. The molecule has 0 atom stereocenters. The van der Waals surface area contributed by atoms with Crippen LogP contribution in [0.5, 0.6) is 0 Å². The van der Waals surface area contributed by atoms with E-state index < -0.39 is 0 Å². The molecular weight excluding hydrogens is 287 g/mol. The van der Waals surface area contributed by atoms with Gasteiger partial charge in [-0.05, 0) is 29.8 Å². The average Bonchev–Trinajstić information content (AvgIpc) is 2.56. The number of halogens is 2. The number of hydrogen-bond acceptors (Lipinski definition) is 2. The van der Waals surface area contributed by atoms with Gasteiger partial charge in [0.25, 0.3) is 0 Å². The van der Waals surface area contributed by atoms with Crippen molar-refractivity contribution in [3.63, 3.8) is 0 Å². The van der Waals surface area contributed by atoms with Crippen LogP contribution >= 0.6 is 11.6 Å². The van der Waals surface area contributed by atoms with Crippen molar-refractivity contribution in [2.75, 3.05) is 36.0 Å². The second-order valence-electron chi connectivity index (χ2n) is 5.23. The molecule has 2 aromatic carbocycles. The number of alkyl halides is 1. The Morgan fingerprint density at radius 2 is 1.48 bits per heavy atom. The van der Waals surface area contributed by atoms with Crippen molar-refractivity contribution in [1.29, 1.82) is 0 Å². The number of para-hydroxylation sites is 1. The van der Waals surface area contributed by atoms with Crippen LogP contribution in [0.15, 0.2) is 48.5 Å². The van der Waals surface area contributed by atoms with Crippen molar-refractivity contribution < 1.29 is 4.39 Å². The molecule has 0 amide bonds. The topological polar surface area (TPSA) is 6.48 Å². The van der Waals surface area contributed by atoms with Gasteiger partial charge in [0.05, 0.1) is 5.69 Å². The summed E-state index contributed by atoms with van der Waals surface area (Å²) in [5, 5.41) is 0. The molecule has 1 fully saturated rings. The third kappa shape index (κ3) is 3.13. The van der Waals surface area contributed by atoms with Crippen LogP contribution in [0.1, 0.15) is 5.56 Å². The van der Waals surface area contributed by atoms with Crippen molar-refractivity contribution in [1.82, 2.24) is 0 Å². The molecule has 2 nitrogen and oxygen atoms in total. The van der Waals surface area contributed by atoms with E-state index >= 15 is 0 Å². The highest BCUT2D eigenvalue weighted by atomic mass is 35.5. The number of anilines is 2. The van der Waals surface area contributed by atoms with E-state index in [1.807, 2.05) is 12.1 Å². The highest BCUT2D eigenvalue weighted by Gasteiger charge is 2.19. The molecule has 1 heterocycles. The fraction of sp³-hybridized carbons (Fsp3) is 0.294. The van der Waals surface area contributed by atoms with E-state index in [1.165, 1.54) is 11.8 Å². The lowest BCUT2D eigenvalue weighted by atomic mass is 10.2. The molecule has 1 saturated heterocycles. The number of nitrogens with zero attached hydrogens (tertiary/aromatic N) is 2. The molecule has 0 aromatic heterocycles. The summed E-state index contributed by atoms with van der Waals surface area (Å²) >= 11 is 5.81. The predicted octanol–water partition coefficient (Wildman–Crippen LogP) is 3.89. The first-order valence-electron chi connectivity index (χ1n) is 7.17. The lowest BCUT2D eigenvalue weighted by molar-refractivity contribution is 0.598. The van der Waals surface area contributed by atoms with Crippen LogP contribution < -0.4 is 9.80 Å². The van der Waals surface area contributed by atoms with Gasteiger partial charge in [-0.25, -0.2) is 4.39 Å². The lowest BCUT2D eigenvalue weighted by Gasteiger charge is -2.37. The highest BCUT2D eigenvalue weighted by molar-refractivity contribution is 6.17. The standard InChI is InChI=1S/C17H18ClFN2/c18-13-14-5-7-15(8-6-14)20-9-11-21(12-10-20)17-4-2-1-3-16(17)19/h1-8H,9-13H2. The summed E-state index contributed by atoms with van der Waals surface area (Å²) in [6.45, 7) is 3.46. The van der Waals surface area contributed by atoms with E-state index in [1.54, 1.807) is 6.07 Å². The van der Waals surface area contributed by atoms with E-state index in [-0.39, 0.29) is 5.82 Å². The van der Waals surface area contributed by atoms with E-state index in [4.69, 9.17) is 11.6 Å². The first-order chi connectivity index (χ1) is 10.3. The van der Waals surface area contributed by atoms with Gasteiger partial charge in [0, 0.05) is 37.7 Å². The molecule has 0 spiro atoms. The zero-order valence-electron chi connectivity index (χ0n) is 11.8. The summed E-state index contributed by atoms with van der Waals surface area (Å²) in [5.74, 6) is 0.402. The first kappa shape index (κ1) is 14.2. The molecule has 110 valence electrons. The van der Waals surface area contributed by atoms with Gasteiger partial charge in [-0.15, -0.1) is 11.6 Å². The highest BCUT2D eigenvalue weighted by Crippen LogP contribution is 2.23. The Bertz CT molecular complexity index is 592. The van der Waals surface area contributed by atoms with Crippen LogP contribution in [0, 0.1) is 5.82 Å². The second kappa shape index (κ2) is 6.35. The van der Waals surface area contributed by atoms with E-state index in [9.17, 15) is 4.39 Å². The van der Waals surface area contributed by atoms with E-state index in [2.05, 4.69) is 34.1 Å². The summed E-state index contributed by atoms with van der Waals surface area (Å²) < 4.78 is 13.8. The van der Waals surface area contributed by atoms with E-state index in [0.29, 0.717) is 11.6 Å². The third-order valence-corrected chi connectivity index (χ3v) is 4.24. The minimum atomic E-state index is -0.141. The molecule has 0 aliphatic carbocycles. The fourth-order valence-electron chi connectivity index (χ4n) is 2.71. The summed E-state index contributed by atoms with van der Waals surface area (Å²) in [6, 6.07) is 15.3. The molecule has 2 aromatic rings. The number of benzene rings is 2. The first-order valence-corrected chi connectivity index (χ1v) is 7.71. The SMILES string of the molecule is Fc1ccccc1N1CCN(c2ccc(CCl)cc2)CC1. The van der Waals surface area contributed by atoms with E-state index in [0.717, 1.165) is 31.7 Å². The van der Waals surface area contributed by atoms with Crippen molar-refractivity contribution in [2.24, 2.45) is 0 Å². The number of rotatable bonds is 3. The number of piperazine rings is 1. The smallest absolute Gasteiger partial charge is 0.146 e. The minimum absolute atomic E-state index is 0.141. The van der Waals surface area contributed by atoms with Crippen LogP contribution in [-0.2, 0) is 5.88 Å². The molecule has 0 radical (unpaired) electrons. The fourth-order valence-corrected chi connectivity index (χ4v) is 2.89. The normalized spacial score (nSPS) is 15.3. The largest absolute Gasteiger partial charge is 0.368 e. The van der Waals surface area contributed by atoms with Crippen LogP contribution in [0.4, 0.5) is 15.8 Å². The molecule has 1 aliphatic rings. The molecule has 0 bridgehead atoms. The Labute approximate surface area is 129 Å². The predicted molar refractivity (Wildman–Crippen MR) is 86.8 cm³/mol. The van der Waals surface area contributed by atoms with Crippen LogP contribution in [0.25, 0.3) is 0 Å². The molecule has 1 aliphatic heterocycles. The van der Waals surface area contributed by atoms with Crippen LogP contribution in [0.3, 0.4) is 0 Å². The van der Waals surface area contributed by atoms with Crippen molar-refractivity contribution in [2.45, 2.75) is 5.88 Å². The second-order valence-corrected chi connectivity index (χ2v) is 5.49. The summed E-state index contributed by atoms with van der Waals surface area (Å²) in [7, 11) is 0. The van der Waals surface area contributed by atoms with Crippen molar-refractivity contribution in [3.8, 4) is 0 Å². The molecule has 21 heavy (non-hydrogen) atoms. The van der Waals surface area contributed by atoms with Gasteiger partial charge in [0.15, 0.2) is 0 Å². The van der Waals surface area contributed by atoms with Crippen molar-refractivity contribution >= 4 is 23.0 Å². The minimum Gasteiger partial charge on any atom is -0.368 e. The summed E-state index contributed by atoms with van der Waals surface area (Å²) in [6.07, 6.45) is 0.